The Labute approximate surface area is 191 Å². The molecule has 0 bridgehead atoms. The van der Waals surface area contributed by atoms with Crippen molar-refractivity contribution in [2.45, 2.75) is 18.4 Å². The number of halogens is 2. The summed E-state index contributed by atoms with van der Waals surface area (Å²) in [6.45, 7) is 2.76. The molecule has 0 radical (unpaired) electrons. The van der Waals surface area contributed by atoms with Gasteiger partial charge in [-0.3, -0.25) is 4.79 Å². The van der Waals surface area contributed by atoms with Crippen LogP contribution in [0.1, 0.15) is 12.5 Å². The van der Waals surface area contributed by atoms with Gasteiger partial charge in [0.15, 0.2) is 0 Å². The maximum atomic E-state index is 12.6. The van der Waals surface area contributed by atoms with Gasteiger partial charge in [0, 0.05) is 27.5 Å². The summed E-state index contributed by atoms with van der Waals surface area (Å²) in [5.41, 5.74) is 2.24. The second-order valence-electron chi connectivity index (χ2n) is 7.18. The van der Waals surface area contributed by atoms with Crippen LogP contribution in [0.15, 0.2) is 88.9 Å². The Morgan fingerprint density at radius 3 is 2.55 bits per heavy atom. The van der Waals surface area contributed by atoms with E-state index < -0.39 is 15.9 Å². The van der Waals surface area contributed by atoms with Gasteiger partial charge in [0.05, 0.1) is 18.0 Å². The summed E-state index contributed by atoms with van der Waals surface area (Å²) in [5, 5.41) is 1.15. The van der Waals surface area contributed by atoms with Crippen molar-refractivity contribution in [2.75, 3.05) is 6.54 Å². The highest BCUT2D eigenvalue weighted by Crippen LogP contribution is 2.33. The number of benzene rings is 2. The van der Waals surface area contributed by atoms with Crippen LogP contribution in [0.3, 0.4) is 0 Å². The van der Waals surface area contributed by atoms with Crippen LogP contribution in [-0.4, -0.2) is 30.7 Å². The minimum Gasteiger partial charge on any atom is -0.328 e. The number of rotatable bonds is 5. The molecule has 0 aliphatic carbocycles. The highest BCUT2D eigenvalue weighted by molar-refractivity contribution is 7.90. The summed E-state index contributed by atoms with van der Waals surface area (Å²) in [6, 6.07) is 13.2. The van der Waals surface area contributed by atoms with Crippen molar-refractivity contribution in [2.24, 2.45) is 0 Å². The summed E-state index contributed by atoms with van der Waals surface area (Å²) in [5.74, 6) is 0.232. The van der Waals surface area contributed by atoms with E-state index in [2.05, 4.69) is 9.62 Å². The third-order valence-corrected chi connectivity index (χ3v) is 6.96. The van der Waals surface area contributed by atoms with Crippen molar-refractivity contribution >= 4 is 39.1 Å². The van der Waals surface area contributed by atoms with E-state index in [1.807, 2.05) is 24.1 Å². The quantitative estimate of drug-likeness (QED) is 0.699. The van der Waals surface area contributed by atoms with Crippen LogP contribution in [0.2, 0.25) is 10.0 Å². The van der Waals surface area contributed by atoms with Crippen LogP contribution in [0, 0.1) is 0 Å². The van der Waals surface area contributed by atoms with Gasteiger partial charge in [0.2, 0.25) is 0 Å². The molecule has 0 spiro atoms. The fourth-order valence-corrected chi connectivity index (χ4v) is 4.92. The summed E-state index contributed by atoms with van der Waals surface area (Å²) >= 11 is 12.3. The predicted molar refractivity (Wildman–Crippen MR) is 120 cm³/mol. The smallest absolute Gasteiger partial charge is 0.264 e. The van der Waals surface area contributed by atoms with Crippen LogP contribution in [0.25, 0.3) is 0 Å². The molecular formula is C22H19Cl2N3O3S. The normalized spacial score (nSPS) is 15.8. The van der Waals surface area contributed by atoms with Crippen LogP contribution in [0.4, 0.5) is 0 Å². The second-order valence-corrected chi connectivity index (χ2v) is 9.71. The van der Waals surface area contributed by atoms with E-state index in [9.17, 15) is 13.2 Å². The van der Waals surface area contributed by atoms with Gasteiger partial charge in [0.25, 0.3) is 15.9 Å². The lowest BCUT2D eigenvalue weighted by Crippen LogP contribution is -2.36. The topological polar surface area (TPSA) is 69.7 Å². The standard InChI is InChI=1S/C22H19Cl2N3O3S/c1-15-12-26-13-17(22(28)25-31(29,30)19-5-3-2-4-6-19)8-10-21(26)27(15)14-16-7-9-18(23)11-20(16)24/h2-12H,13-14H2,1H3,(H,25,28). The molecule has 0 aromatic heterocycles. The molecule has 2 aromatic rings. The van der Waals surface area contributed by atoms with Crippen LogP contribution >= 0.6 is 23.2 Å². The zero-order valence-corrected chi connectivity index (χ0v) is 18.9. The molecule has 160 valence electrons. The monoisotopic (exact) mass is 475 g/mol. The van der Waals surface area contributed by atoms with Crippen LogP contribution in [0.5, 0.6) is 0 Å². The highest BCUT2D eigenvalue weighted by Gasteiger charge is 2.30. The molecule has 0 saturated carbocycles. The molecule has 2 aliphatic heterocycles. The molecule has 0 unspecified atom stereocenters. The number of fused-ring (bicyclic) bond motifs is 1. The Morgan fingerprint density at radius 1 is 1.10 bits per heavy atom. The number of hydrogen-bond donors (Lipinski definition) is 1. The van der Waals surface area contributed by atoms with E-state index in [1.54, 1.807) is 42.5 Å². The van der Waals surface area contributed by atoms with E-state index in [4.69, 9.17) is 23.2 Å². The fourth-order valence-electron chi connectivity index (χ4n) is 3.44. The van der Waals surface area contributed by atoms with Crippen LogP contribution in [-0.2, 0) is 21.4 Å². The number of nitrogens with one attached hydrogen (secondary N) is 1. The molecule has 2 aromatic carbocycles. The van der Waals surface area contributed by atoms with E-state index in [0.717, 1.165) is 17.1 Å². The van der Waals surface area contributed by atoms with Crippen molar-refractivity contribution in [3.8, 4) is 0 Å². The SMILES string of the molecule is CC1=CN2CC(C(=O)NS(=O)(=O)c3ccccc3)=CC=C2N1Cc1ccc(Cl)cc1Cl. The van der Waals surface area contributed by atoms with E-state index >= 15 is 0 Å². The van der Waals surface area contributed by atoms with Gasteiger partial charge in [0.1, 0.15) is 5.82 Å². The minimum atomic E-state index is -3.93. The van der Waals surface area contributed by atoms with E-state index in [-0.39, 0.29) is 11.4 Å². The van der Waals surface area contributed by atoms with E-state index in [1.165, 1.54) is 12.1 Å². The Balaban J connectivity index is 1.52. The third-order valence-electron chi connectivity index (χ3n) is 5.03. The fraction of sp³-hybridized carbons (Fsp3) is 0.136. The van der Waals surface area contributed by atoms with Gasteiger partial charge in [-0.05, 0) is 48.9 Å². The predicted octanol–water partition coefficient (Wildman–Crippen LogP) is 4.26. The zero-order chi connectivity index (χ0) is 22.2. The lowest BCUT2D eigenvalue weighted by atomic mass is 10.1. The van der Waals surface area contributed by atoms with Gasteiger partial charge in [-0.1, -0.05) is 47.5 Å². The number of carbonyl (C=O) groups excluding carboxylic acids is 1. The summed E-state index contributed by atoms with van der Waals surface area (Å²) < 4.78 is 27.0. The Morgan fingerprint density at radius 2 is 1.84 bits per heavy atom. The maximum Gasteiger partial charge on any atom is 0.264 e. The summed E-state index contributed by atoms with van der Waals surface area (Å²) in [6.07, 6.45) is 5.36. The van der Waals surface area contributed by atoms with Gasteiger partial charge in [-0.15, -0.1) is 0 Å². The van der Waals surface area contributed by atoms with Crippen molar-refractivity contribution < 1.29 is 13.2 Å². The van der Waals surface area contributed by atoms with Gasteiger partial charge >= 0.3 is 0 Å². The largest absolute Gasteiger partial charge is 0.328 e. The molecule has 1 N–H and O–H groups in total. The molecular weight excluding hydrogens is 457 g/mol. The molecule has 1 amide bonds. The lowest BCUT2D eigenvalue weighted by Gasteiger charge is -2.29. The number of nitrogens with zero attached hydrogens (tertiary/aromatic N) is 2. The van der Waals surface area contributed by atoms with Crippen LogP contribution < -0.4 is 4.72 Å². The van der Waals surface area contributed by atoms with Crippen molar-refractivity contribution in [1.82, 2.24) is 14.5 Å². The number of amides is 1. The Kier molecular flexibility index (Phi) is 5.83. The molecule has 0 saturated heterocycles. The molecule has 9 heteroatoms. The molecule has 0 atom stereocenters. The highest BCUT2D eigenvalue weighted by atomic mass is 35.5. The first-order valence-electron chi connectivity index (χ1n) is 9.44. The minimum absolute atomic E-state index is 0.0407. The second kappa shape index (κ2) is 8.42. The molecule has 0 fully saturated rings. The molecule has 31 heavy (non-hydrogen) atoms. The average Bonchev–Trinajstić information content (AvgIpc) is 3.04. The van der Waals surface area contributed by atoms with Crippen molar-refractivity contribution in [1.29, 1.82) is 0 Å². The van der Waals surface area contributed by atoms with Gasteiger partial charge in [-0.25, -0.2) is 13.1 Å². The first-order chi connectivity index (χ1) is 14.7. The molecule has 4 rings (SSSR count). The summed E-state index contributed by atoms with van der Waals surface area (Å²) in [7, 11) is -3.93. The molecule has 6 nitrogen and oxygen atoms in total. The van der Waals surface area contributed by atoms with Crippen molar-refractivity contribution in [3.05, 3.63) is 99.6 Å². The molecule has 2 aliphatic rings. The lowest BCUT2D eigenvalue weighted by molar-refractivity contribution is -0.116. The average molecular weight is 476 g/mol. The zero-order valence-electron chi connectivity index (χ0n) is 16.5. The first kappa shape index (κ1) is 21.5. The third kappa shape index (κ3) is 4.49. The number of hydrogen-bond acceptors (Lipinski definition) is 5. The molecule has 2 heterocycles. The maximum absolute atomic E-state index is 12.6. The number of sulfonamides is 1. The first-order valence-corrected chi connectivity index (χ1v) is 11.7. The van der Waals surface area contributed by atoms with Gasteiger partial charge < -0.3 is 9.80 Å². The Hall–Kier alpha value is -2.74. The number of carbonyl (C=O) groups is 1. The van der Waals surface area contributed by atoms with E-state index in [0.29, 0.717) is 22.2 Å². The summed E-state index contributed by atoms with van der Waals surface area (Å²) in [4.78, 5) is 16.6. The van der Waals surface area contributed by atoms with Gasteiger partial charge in [-0.2, -0.15) is 0 Å². The number of allylic oxidation sites excluding steroid dienone is 3. The van der Waals surface area contributed by atoms with Crippen molar-refractivity contribution in [3.63, 3.8) is 0 Å². The Bertz CT molecular complexity index is 1240.